The van der Waals surface area contributed by atoms with Crippen LogP contribution in [0.3, 0.4) is 0 Å². The lowest BCUT2D eigenvalue weighted by Gasteiger charge is -2.32. The summed E-state index contributed by atoms with van der Waals surface area (Å²) in [7, 11) is -2.21. The summed E-state index contributed by atoms with van der Waals surface area (Å²) in [5, 5.41) is 0. The first-order valence-corrected chi connectivity index (χ1v) is 11.8. The number of anilines is 1. The predicted octanol–water partition coefficient (Wildman–Crippen LogP) is 2.64. The molecule has 0 N–H and O–H groups in total. The highest BCUT2D eigenvalue weighted by Gasteiger charge is 2.38. The van der Waals surface area contributed by atoms with Gasteiger partial charge in [-0.2, -0.15) is 0 Å². The van der Waals surface area contributed by atoms with Gasteiger partial charge >= 0.3 is 0 Å². The van der Waals surface area contributed by atoms with Gasteiger partial charge in [0.05, 0.1) is 23.7 Å². The van der Waals surface area contributed by atoms with Crippen molar-refractivity contribution >= 4 is 27.4 Å². The summed E-state index contributed by atoms with van der Waals surface area (Å²) >= 11 is 0. The van der Waals surface area contributed by atoms with E-state index >= 15 is 0 Å². The smallest absolute Gasteiger partial charge is 0.264 e. The van der Waals surface area contributed by atoms with Crippen LogP contribution in [0.25, 0.3) is 0 Å². The van der Waals surface area contributed by atoms with Crippen molar-refractivity contribution in [1.29, 1.82) is 0 Å². The van der Waals surface area contributed by atoms with E-state index in [1.165, 1.54) is 11.4 Å². The zero-order valence-corrected chi connectivity index (χ0v) is 18.5. The molecule has 4 rings (SSSR count). The molecule has 0 spiro atoms. The van der Waals surface area contributed by atoms with Crippen LogP contribution in [0.1, 0.15) is 28.8 Å². The summed E-state index contributed by atoms with van der Waals surface area (Å²) < 4.78 is 32.5. The van der Waals surface area contributed by atoms with Gasteiger partial charge in [-0.15, -0.1) is 0 Å². The average Bonchev–Trinajstić information content (AvgIpc) is 3.63. The largest absolute Gasteiger partial charge is 0.367 e. The Balaban J connectivity index is 1.46. The Morgan fingerprint density at radius 1 is 1.03 bits per heavy atom. The van der Waals surface area contributed by atoms with E-state index in [-0.39, 0.29) is 29.0 Å². The van der Waals surface area contributed by atoms with Crippen LogP contribution in [0, 0.1) is 12.8 Å². The number of amides is 1. The van der Waals surface area contributed by atoms with Gasteiger partial charge in [0.15, 0.2) is 5.78 Å². The van der Waals surface area contributed by atoms with Crippen molar-refractivity contribution in [2.45, 2.75) is 30.8 Å². The maximum atomic E-state index is 12.9. The molecule has 7 nitrogen and oxygen atoms in total. The van der Waals surface area contributed by atoms with E-state index in [0.717, 1.165) is 18.4 Å². The molecule has 164 valence electrons. The number of ketones is 1. The number of nitrogens with zero attached hydrogens (tertiary/aromatic N) is 2. The molecule has 1 saturated heterocycles. The highest BCUT2D eigenvalue weighted by atomic mass is 32.2. The number of carbonyl (C=O) groups is 2. The minimum absolute atomic E-state index is 0.0883. The molecule has 0 aromatic heterocycles. The molecule has 1 aliphatic carbocycles. The number of rotatable bonds is 6. The Labute approximate surface area is 182 Å². The number of benzene rings is 2. The molecule has 0 radical (unpaired) electrons. The van der Waals surface area contributed by atoms with Crippen LogP contribution in [-0.2, 0) is 19.6 Å². The van der Waals surface area contributed by atoms with Crippen molar-refractivity contribution in [2.75, 3.05) is 31.0 Å². The molecule has 1 amide bonds. The van der Waals surface area contributed by atoms with E-state index in [0.29, 0.717) is 24.4 Å². The van der Waals surface area contributed by atoms with Crippen LogP contribution in [0.5, 0.6) is 0 Å². The lowest BCUT2D eigenvalue weighted by Crippen LogP contribution is -2.49. The fraction of sp³-hybridized carbons (Fsp3) is 0.391. The van der Waals surface area contributed by atoms with Crippen LogP contribution >= 0.6 is 0 Å². The van der Waals surface area contributed by atoms with Crippen LogP contribution in [0.15, 0.2) is 53.4 Å². The molecule has 1 heterocycles. The molecule has 31 heavy (non-hydrogen) atoms. The van der Waals surface area contributed by atoms with E-state index < -0.39 is 16.1 Å². The molecule has 1 aliphatic heterocycles. The number of morpholine rings is 1. The highest BCUT2D eigenvalue weighted by molar-refractivity contribution is 7.92. The minimum atomic E-state index is -3.70. The van der Waals surface area contributed by atoms with Gasteiger partial charge < -0.3 is 9.64 Å². The molecule has 2 fully saturated rings. The third-order valence-corrected chi connectivity index (χ3v) is 7.61. The van der Waals surface area contributed by atoms with Crippen molar-refractivity contribution in [3.63, 3.8) is 0 Å². The monoisotopic (exact) mass is 442 g/mol. The SMILES string of the molecule is Cc1ccc(S(=O)(=O)N(C)c2ccc(C(=O)N3CCOC(C(=O)C4CC4)C3)cc2)cc1. The topological polar surface area (TPSA) is 84.0 Å². The molecule has 2 aromatic carbocycles. The average molecular weight is 443 g/mol. The van der Waals surface area contributed by atoms with Crippen LogP contribution in [0.4, 0.5) is 5.69 Å². The van der Waals surface area contributed by atoms with E-state index in [1.54, 1.807) is 53.4 Å². The number of aryl methyl sites for hydroxylation is 1. The van der Waals surface area contributed by atoms with Crippen molar-refractivity contribution in [1.82, 2.24) is 4.90 Å². The third-order valence-electron chi connectivity index (χ3n) is 5.81. The number of ether oxygens (including phenoxy) is 1. The van der Waals surface area contributed by atoms with Crippen molar-refractivity contribution in [3.8, 4) is 0 Å². The first-order chi connectivity index (χ1) is 14.8. The van der Waals surface area contributed by atoms with E-state index in [1.807, 2.05) is 6.92 Å². The minimum Gasteiger partial charge on any atom is -0.367 e. The Kier molecular flexibility index (Phi) is 5.85. The van der Waals surface area contributed by atoms with Gasteiger partial charge in [-0.3, -0.25) is 13.9 Å². The number of carbonyl (C=O) groups excluding carboxylic acids is 2. The van der Waals surface area contributed by atoms with Gasteiger partial charge in [0.25, 0.3) is 15.9 Å². The molecular formula is C23H26N2O5S. The zero-order chi connectivity index (χ0) is 22.2. The Morgan fingerprint density at radius 2 is 1.68 bits per heavy atom. The van der Waals surface area contributed by atoms with Crippen LogP contribution < -0.4 is 4.31 Å². The van der Waals surface area contributed by atoms with Gasteiger partial charge in [0, 0.05) is 25.1 Å². The molecular weight excluding hydrogens is 416 g/mol. The van der Waals surface area contributed by atoms with Gasteiger partial charge in [-0.25, -0.2) is 8.42 Å². The van der Waals surface area contributed by atoms with Gasteiger partial charge in [-0.1, -0.05) is 17.7 Å². The summed E-state index contributed by atoms with van der Waals surface area (Å²) in [4.78, 5) is 27.0. The number of hydrogen-bond donors (Lipinski definition) is 0. The Morgan fingerprint density at radius 3 is 2.29 bits per heavy atom. The Bertz CT molecular complexity index is 1080. The fourth-order valence-corrected chi connectivity index (χ4v) is 4.84. The fourth-order valence-electron chi connectivity index (χ4n) is 3.64. The molecule has 1 saturated carbocycles. The number of hydrogen-bond acceptors (Lipinski definition) is 5. The second kappa shape index (κ2) is 8.43. The van der Waals surface area contributed by atoms with Crippen molar-refractivity contribution in [3.05, 3.63) is 59.7 Å². The lowest BCUT2D eigenvalue weighted by molar-refractivity contribution is -0.136. The zero-order valence-electron chi connectivity index (χ0n) is 17.7. The molecule has 1 unspecified atom stereocenters. The number of sulfonamides is 1. The lowest BCUT2D eigenvalue weighted by atomic mass is 10.1. The van der Waals surface area contributed by atoms with Crippen molar-refractivity contribution < 1.29 is 22.7 Å². The Hall–Kier alpha value is -2.71. The summed E-state index contributed by atoms with van der Waals surface area (Å²) in [6.45, 7) is 2.92. The standard InChI is InChI=1S/C23H26N2O5S/c1-16-3-11-20(12-4-16)31(28,29)24(2)19-9-7-18(8-10-19)23(27)25-13-14-30-21(15-25)22(26)17-5-6-17/h3-4,7-12,17,21H,5-6,13-15H2,1-2H3. The van der Waals surface area contributed by atoms with Crippen LogP contribution in [-0.4, -0.2) is 57.9 Å². The normalized spacial score (nSPS) is 19.2. The first-order valence-electron chi connectivity index (χ1n) is 10.4. The summed E-state index contributed by atoms with van der Waals surface area (Å²) in [5.41, 5.74) is 1.89. The molecule has 0 bridgehead atoms. The quantitative estimate of drug-likeness (QED) is 0.687. The summed E-state index contributed by atoms with van der Waals surface area (Å²) in [5.74, 6) is -0.00590. The first kappa shape index (κ1) is 21.5. The molecule has 2 aliphatic rings. The van der Waals surface area contributed by atoms with Gasteiger partial charge in [0.1, 0.15) is 6.10 Å². The molecule has 1 atom stereocenters. The summed E-state index contributed by atoms with van der Waals surface area (Å²) in [6, 6.07) is 13.1. The maximum absolute atomic E-state index is 12.9. The highest BCUT2D eigenvalue weighted by Crippen LogP contribution is 2.32. The maximum Gasteiger partial charge on any atom is 0.264 e. The van der Waals surface area contributed by atoms with E-state index in [9.17, 15) is 18.0 Å². The predicted molar refractivity (Wildman–Crippen MR) is 117 cm³/mol. The second-order valence-corrected chi connectivity index (χ2v) is 10.1. The molecule has 2 aromatic rings. The third kappa shape index (κ3) is 4.50. The van der Waals surface area contributed by atoms with E-state index in [2.05, 4.69) is 0 Å². The van der Waals surface area contributed by atoms with Gasteiger partial charge in [-0.05, 0) is 56.2 Å². The van der Waals surface area contributed by atoms with Crippen molar-refractivity contribution in [2.24, 2.45) is 5.92 Å². The van der Waals surface area contributed by atoms with Crippen LogP contribution in [0.2, 0.25) is 0 Å². The number of Topliss-reactive ketones (excluding diaryl/α,β-unsaturated/α-hetero) is 1. The van der Waals surface area contributed by atoms with E-state index in [4.69, 9.17) is 4.74 Å². The second-order valence-electron chi connectivity index (χ2n) is 8.12. The summed E-state index contributed by atoms with van der Waals surface area (Å²) in [6.07, 6.45) is 1.27. The van der Waals surface area contributed by atoms with Gasteiger partial charge in [0.2, 0.25) is 0 Å². The molecule has 8 heteroatoms.